The third-order valence-electron chi connectivity index (χ3n) is 3.92. The van der Waals surface area contributed by atoms with Gasteiger partial charge >= 0.3 is 12.1 Å². The highest BCUT2D eigenvalue weighted by atomic mass is 19.4. The summed E-state index contributed by atoms with van der Waals surface area (Å²) in [5.41, 5.74) is 0.454. The molecule has 0 saturated carbocycles. The van der Waals surface area contributed by atoms with Crippen LogP contribution < -0.4 is 10.6 Å². The summed E-state index contributed by atoms with van der Waals surface area (Å²) in [6, 6.07) is 8.02. The maximum atomic E-state index is 13.6. The molecule has 32 heavy (non-hydrogen) atoms. The van der Waals surface area contributed by atoms with Gasteiger partial charge in [0, 0.05) is 11.9 Å². The Balaban J connectivity index is 1.60. The number of rotatable bonds is 8. The largest absolute Gasteiger partial charge is 0.480 e. The summed E-state index contributed by atoms with van der Waals surface area (Å²) in [4.78, 5) is 26.5. The summed E-state index contributed by atoms with van der Waals surface area (Å²) < 4.78 is 52.0. The Kier molecular flexibility index (Phi) is 6.93. The van der Waals surface area contributed by atoms with Crippen LogP contribution in [0.15, 0.2) is 53.8 Å². The van der Waals surface area contributed by atoms with Crippen LogP contribution in [0.1, 0.15) is 17.1 Å². The minimum Gasteiger partial charge on any atom is -0.480 e. The van der Waals surface area contributed by atoms with Gasteiger partial charge in [-0.25, -0.2) is 14.4 Å². The average molecular weight is 448 g/mol. The SMILES string of the molecule is O=C(O)CNc1nc(CN=Cc2ccc(Nc3cccc(C(F)(F)F)c3)cn2)ncc1F. The maximum absolute atomic E-state index is 13.6. The molecule has 12 heteroatoms. The third kappa shape index (κ3) is 6.45. The zero-order chi connectivity index (χ0) is 23.1. The van der Waals surface area contributed by atoms with Gasteiger partial charge in [0.1, 0.15) is 6.54 Å². The number of carboxylic acids is 1. The molecular formula is C20H16F4N6O2. The predicted molar refractivity (Wildman–Crippen MR) is 108 cm³/mol. The Hall–Kier alpha value is -4.09. The number of nitrogens with one attached hydrogen (secondary N) is 2. The molecule has 0 aliphatic carbocycles. The number of carbonyl (C=O) groups is 1. The second-order valence-corrected chi connectivity index (χ2v) is 6.38. The second kappa shape index (κ2) is 9.81. The maximum Gasteiger partial charge on any atom is 0.416 e. The normalized spacial score (nSPS) is 11.5. The highest BCUT2D eigenvalue weighted by Crippen LogP contribution is 2.31. The van der Waals surface area contributed by atoms with Crippen molar-refractivity contribution in [2.24, 2.45) is 4.99 Å². The summed E-state index contributed by atoms with van der Waals surface area (Å²) in [5.74, 6) is -2.03. The zero-order valence-corrected chi connectivity index (χ0v) is 16.3. The van der Waals surface area contributed by atoms with Crippen molar-refractivity contribution in [2.45, 2.75) is 12.7 Å². The second-order valence-electron chi connectivity index (χ2n) is 6.38. The first-order valence-electron chi connectivity index (χ1n) is 9.08. The van der Waals surface area contributed by atoms with E-state index in [9.17, 15) is 22.4 Å². The number of pyridine rings is 1. The van der Waals surface area contributed by atoms with E-state index < -0.39 is 30.1 Å². The van der Waals surface area contributed by atoms with Crippen molar-refractivity contribution in [1.82, 2.24) is 15.0 Å². The first kappa shape index (κ1) is 22.6. The van der Waals surface area contributed by atoms with Crippen LogP contribution in [0.4, 0.5) is 34.8 Å². The van der Waals surface area contributed by atoms with Gasteiger partial charge in [-0.2, -0.15) is 13.2 Å². The van der Waals surface area contributed by atoms with Crippen molar-refractivity contribution < 1.29 is 27.5 Å². The Morgan fingerprint density at radius 3 is 2.62 bits per heavy atom. The number of aliphatic carboxylic acids is 1. The Morgan fingerprint density at radius 1 is 1.12 bits per heavy atom. The Bertz CT molecular complexity index is 1120. The molecule has 0 atom stereocenters. The van der Waals surface area contributed by atoms with Crippen LogP contribution in [-0.2, 0) is 17.5 Å². The summed E-state index contributed by atoms with van der Waals surface area (Å²) in [6.45, 7) is -0.505. The van der Waals surface area contributed by atoms with E-state index in [4.69, 9.17) is 5.11 Å². The summed E-state index contributed by atoms with van der Waals surface area (Å²) >= 11 is 0. The number of nitrogens with zero attached hydrogens (tertiary/aromatic N) is 4. The van der Waals surface area contributed by atoms with Gasteiger partial charge < -0.3 is 15.7 Å². The van der Waals surface area contributed by atoms with Gasteiger partial charge in [0.15, 0.2) is 17.5 Å². The number of hydrogen-bond acceptors (Lipinski definition) is 7. The lowest BCUT2D eigenvalue weighted by atomic mass is 10.2. The molecule has 8 nitrogen and oxygen atoms in total. The average Bonchev–Trinajstić information content (AvgIpc) is 2.75. The fourth-order valence-electron chi connectivity index (χ4n) is 2.48. The number of benzene rings is 1. The van der Waals surface area contributed by atoms with Crippen LogP contribution in [-0.4, -0.2) is 38.8 Å². The lowest BCUT2D eigenvalue weighted by molar-refractivity contribution is -0.137. The molecule has 3 N–H and O–H groups in total. The highest BCUT2D eigenvalue weighted by molar-refractivity contribution is 5.77. The summed E-state index contributed by atoms with van der Waals surface area (Å²) in [6.07, 6.45) is -0.666. The molecular weight excluding hydrogens is 432 g/mol. The lowest BCUT2D eigenvalue weighted by Crippen LogP contribution is -2.15. The van der Waals surface area contributed by atoms with Crippen molar-refractivity contribution in [1.29, 1.82) is 0 Å². The molecule has 3 aromatic rings. The van der Waals surface area contributed by atoms with Gasteiger partial charge in [-0.15, -0.1) is 0 Å². The van der Waals surface area contributed by atoms with E-state index in [2.05, 4.69) is 30.6 Å². The Morgan fingerprint density at radius 2 is 1.94 bits per heavy atom. The number of aromatic nitrogens is 3. The quantitative estimate of drug-likeness (QED) is 0.354. The molecule has 2 heterocycles. The van der Waals surface area contributed by atoms with E-state index in [1.807, 2.05) is 0 Å². The number of hydrogen-bond donors (Lipinski definition) is 3. The fourth-order valence-corrected chi connectivity index (χ4v) is 2.48. The molecule has 1 aromatic carbocycles. The van der Waals surface area contributed by atoms with Crippen LogP contribution >= 0.6 is 0 Å². The topological polar surface area (TPSA) is 112 Å². The molecule has 0 amide bonds. The molecule has 0 fully saturated rings. The monoisotopic (exact) mass is 448 g/mol. The first-order valence-corrected chi connectivity index (χ1v) is 9.08. The van der Waals surface area contributed by atoms with Crippen molar-refractivity contribution in [3.63, 3.8) is 0 Å². The first-order chi connectivity index (χ1) is 15.2. The number of anilines is 3. The van der Waals surface area contributed by atoms with Gasteiger partial charge in [-0.05, 0) is 30.3 Å². The van der Waals surface area contributed by atoms with Gasteiger partial charge in [0.2, 0.25) is 0 Å². The van der Waals surface area contributed by atoms with Gasteiger partial charge in [0.25, 0.3) is 0 Å². The number of aliphatic imine (C=N–C) groups is 1. The zero-order valence-electron chi connectivity index (χ0n) is 16.3. The standard InChI is InChI=1S/C20H16F4N6O2/c21-16-9-27-17(30-19(16)28-11-18(31)32)10-25-7-14-4-5-15(8-26-14)29-13-3-1-2-12(6-13)20(22,23)24/h1-9,29H,10-11H2,(H,31,32)(H,27,28,30). The molecule has 2 aromatic heterocycles. The van der Waals surface area contributed by atoms with E-state index in [-0.39, 0.29) is 23.9 Å². The van der Waals surface area contributed by atoms with Gasteiger partial charge in [-0.3, -0.25) is 14.8 Å². The van der Waals surface area contributed by atoms with E-state index in [0.29, 0.717) is 11.4 Å². The minimum atomic E-state index is -4.43. The molecule has 0 saturated heterocycles. The van der Waals surface area contributed by atoms with E-state index >= 15 is 0 Å². The summed E-state index contributed by atoms with van der Waals surface area (Å²) in [5, 5.41) is 13.8. The number of carboxylic acid groups (broad SMARTS) is 1. The molecule has 0 aliphatic heterocycles. The molecule has 0 unspecified atom stereocenters. The van der Waals surface area contributed by atoms with Crippen LogP contribution in [0.25, 0.3) is 0 Å². The smallest absolute Gasteiger partial charge is 0.416 e. The molecule has 3 rings (SSSR count). The third-order valence-corrected chi connectivity index (χ3v) is 3.92. The molecule has 0 spiro atoms. The van der Waals surface area contributed by atoms with Crippen molar-refractivity contribution in [3.05, 3.63) is 71.7 Å². The van der Waals surface area contributed by atoms with Gasteiger partial charge in [-0.1, -0.05) is 6.07 Å². The number of halogens is 4. The van der Waals surface area contributed by atoms with Crippen LogP contribution in [0.2, 0.25) is 0 Å². The van der Waals surface area contributed by atoms with Crippen molar-refractivity contribution >= 4 is 29.4 Å². The van der Waals surface area contributed by atoms with Crippen LogP contribution in [0, 0.1) is 5.82 Å². The molecule has 0 bridgehead atoms. The van der Waals surface area contributed by atoms with Crippen molar-refractivity contribution in [2.75, 3.05) is 17.2 Å². The summed E-state index contributed by atoms with van der Waals surface area (Å²) in [7, 11) is 0. The predicted octanol–water partition coefficient (Wildman–Crippen LogP) is 3.89. The fraction of sp³-hybridized carbons (Fsp3) is 0.150. The number of alkyl halides is 3. The minimum absolute atomic E-state index is 0.00600. The van der Waals surface area contributed by atoms with Gasteiger partial charge in [0.05, 0.1) is 35.9 Å². The van der Waals surface area contributed by atoms with E-state index in [1.54, 1.807) is 12.1 Å². The van der Waals surface area contributed by atoms with Crippen LogP contribution in [0.3, 0.4) is 0 Å². The van der Waals surface area contributed by atoms with E-state index in [1.165, 1.54) is 24.5 Å². The Labute approximate surface area is 179 Å². The van der Waals surface area contributed by atoms with E-state index in [0.717, 1.165) is 18.3 Å². The van der Waals surface area contributed by atoms with Crippen molar-refractivity contribution in [3.8, 4) is 0 Å². The molecule has 0 radical (unpaired) electrons. The molecule has 0 aliphatic rings. The molecule has 166 valence electrons. The lowest BCUT2D eigenvalue weighted by Gasteiger charge is -2.10. The van der Waals surface area contributed by atoms with Crippen LogP contribution in [0.5, 0.6) is 0 Å². The highest BCUT2D eigenvalue weighted by Gasteiger charge is 2.30.